The summed E-state index contributed by atoms with van der Waals surface area (Å²) in [6.07, 6.45) is 2.54. The van der Waals surface area contributed by atoms with E-state index in [1.807, 2.05) is 23.6 Å². The third kappa shape index (κ3) is 3.46. The normalized spacial score (nSPS) is 13.1. The molecule has 0 saturated carbocycles. The molecule has 0 unspecified atom stereocenters. The van der Waals surface area contributed by atoms with Crippen LogP contribution in [0.3, 0.4) is 0 Å². The van der Waals surface area contributed by atoms with Crippen LogP contribution in [0.25, 0.3) is 11.4 Å². The second-order valence-electron chi connectivity index (χ2n) is 5.42. The summed E-state index contributed by atoms with van der Waals surface area (Å²) < 4.78 is 11.2. The summed E-state index contributed by atoms with van der Waals surface area (Å²) >= 11 is 1.36. The van der Waals surface area contributed by atoms with Gasteiger partial charge in [-0.3, -0.25) is 15.1 Å². The van der Waals surface area contributed by atoms with Crippen LogP contribution in [0.1, 0.15) is 16.8 Å². The van der Waals surface area contributed by atoms with Gasteiger partial charge >= 0.3 is 0 Å². The van der Waals surface area contributed by atoms with Crippen LogP contribution < -0.4 is 14.8 Å². The quantitative estimate of drug-likeness (QED) is 0.778. The Balaban J connectivity index is 1.51. The lowest BCUT2D eigenvalue weighted by Crippen LogP contribution is -2.12. The largest absolute Gasteiger partial charge is 0.490 e. The number of benzene rings is 1. The van der Waals surface area contributed by atoms with Crippen molar-refractivity contribution in [2.45, 2.75) is 6.42 Å². The molecule has 1 aliphatic heterocycles. The monoisotopic (exact) mass is 353 g/mol. The first-order valence-corrected chi connectivity index (χ1v) is 8.75. The number of amides is 1. The van der Waals surface area contributed by atoms with Crippen LogP contribution in [0.4, 0.5) is 5.13 Å². The molecule has 1 aliphatic rings. The molecule has 0 saturated heterocycles. The van der Waals surface area contributed by atoms with E-state index in [2.05, 4.69) is 15.3 Å². The van der Waals surface area contributed by atoms with E-state index < -0.39 is 0 Å². The van der Waals surface area contributed by atoms with E-state index in [0.717, 1.165) is 17.8 Å². The first-order valence-electron chi connectivity index (χ1n) is 7.87. The number of hydrogen-bond acceptors (Lipinski definition) is 6. The summed E-state index contributed by atoms with van der Waals surface area (Å²) in [5.41, 5.74) is 2.01. The van der Waals surface area contributed by atoms with Gasteiger partial charge in [-0.25, -0.2) is 4.98 Å². The number of pyridine rings is 1. The first kappa shape index (κ1) is 15.6. The third-order valence-electron chi connectivity index (χ3n) is 3.66. The number of nitrogens with one attached hydrogen (secondary N) is 1. The SMILES string of the molecule is O=C(Nc1nc(-c2ccccn2)cs1)c1ccc2c(c1)OCCCO2. The Morgan fingerprint density at radius 1 is 1.08 bits per heavy atom. The molecule has 126 valence electrons. The molecule has 25 heavy (non-hydrogen) atoms. The maximum absolute atomic E-state index is 12.5. The van der Waals surface area contributed by atoms with Gasteiger partial charge in [0, 0.05) is 23.6 Å². The molecular formula is C18H15N3O3S. The molecule has 1 amide bonds. The van der Waals surface area contributed by atoms with Gasteiger partial charge < -0.3 is 9.47 Å². The van der Waals surface area contributed by atoms with Crippen molar-refractivity contribution in [3.8, 4) is 22.9 Å². The number of anilines is 1. The molecule has 6 nitrogen and oxygen atoms in total. The van der Waals surface area contributed by atoms with Crippen LogP contribution in [0, 0.1) is 0 Å². The number of nitrogens with zero attached hydrogens (tertiary/aromatic N) is 2. The second kappa shape index (κ2) is 6.90. The smallest absolute Gasteiger partial charge is 0.257 e. The molecule has 3 aromatic rings. The molecule has 2 aromatic heterocycles. The van der Waals surface area contributed by atoms with E-state index in [1.54, 1.807) is 24.4 Å². The summed E-state index contributed by atoms with van der Waals surface area (Å²) in [6.45, 7) is 1.20. The highest BCUT2D eigenvalue weighted by Gasteiger charge is 2.15. The molecule has 1 N–H and O–H groups in total. The van der Waals surface area contributed by atoms with E-state index in [4.69, 9.17) is 9.47 Å². The molecule has 0 atom stereocenters. The van der Waals surface area contributed by atoms with Gasteiger partial charge in [-0.15, -0.1) is 11.3 Å². The van der Waals surface area contributed by atoms with Crippen LogP contribution in [0.5, 0.6) is 11.5 Å². The lowest BCUT2D eigenvalue weighted by atomic mass is 10.2. The molecule has 4 rings (SSSR count). The highest BCUT2D eigenvalue weighted by molar-refractivity contribution is 7.14. The summed E-state index contributed by atoms with van der Waals surface area (Å²) in [7, 11) is 0. The summed E-state index contributed by atoms with van der Waals surface area (Å²) in [5.74, 6) is 1.02. The zero-order valence-corrected chi connectivity index (χ0v) is 14.1. The molecular weight excluding hydrogens is 338 g/mol. The van der Waals surface area contributed by atoms with Crippen LogP contribution in [0.15, 0.2) is 48.0 Å². The average molecular weight is 353 g/mol. The second-order valence-corrected chi connectivity index (χ2v) is 6.28. The number of thiazole rings is 1. The lowest BCUT2D eigenvalue weighted by Gasteiger charge is -2.08. The Labute approximate surface area is 148 Å². The number of hydrogen-bond donors (Lipinski definition) is 1. The van der Waals surface area contributed by atoms with Crippen molar-refractivity contribution in [3.05, 3.63) is 53.5 Å². The molecule has 7 heteroatoms. The highest BCUT2D eigenvalue weighted by atomic mass is 32.1. The molecule has 0 fully saturated rings. The predicted octanol–water partition coefficient (Wildman–Crippen LogP) is 3.62. The Kier molecular flexibility index (Phi) is 4.30. The predicted molar refractivity (Wildman–Crippen MR) is 95.3 cm³/mol. The molecule has 3 heterocycles. The van der Waals surface area contributed by atoms with Gasteiger partial charge in [0.2, 0.25) is 0 Å². The van der Waals surface area contributed by atoms with Gasteiger partial charge in [-0.1, -0.05) is 6.07 Å². The highest BCUT2D eigenvalue weighted by Crippen LogP contribution is 2.31. The fourth-order valence-electron chi connectivity index (χ4n) is 2.44. The fraction of sp³-hybridized carbons (Fsp3) is 0.167. The van der Waals surface area contributed by atoms with E-state index in [-0.39, 0.29) is 5.91 Å². The third-order valence-corrected chi connectivity index (χ3v) is 4.42. The minimum atomic E-state index is -0.238. The molecule has 0 aliphatic carbocycles. The van der Waals surface area contributed by atoms with Gasteiger partial charge in [-0.05, 0) is 30.3 Å². The molecule has 0 radical (unpaired) electrons. The van der Waals surface area contributed by atoms with Gasteiger partial charge in [0.25, 0.3) is 5.91 Å². The minimum Gasteiger partial charge on any atom is -0.490 e. The molecule has 0 spiro atoms. The summed E-state index contributed by atoms with van der Waals surface area (Å²) in [6, 6.07) is 10.8. The summed E-state index contributed by atoms with van der Waals surface area (Å²) in [5, 5.41) is 5.21. The van der Waals surface area contributed by atoms with Crippen molar-refractivity contribution < 1.29 is 14.3 Å². The van der Waals surface area contributed by atoms with Crippen LogP contribution in [-0.4, -0.2) is 29.1 Å². The van der Waals surface area contributed by atoms with Crippen molar-refractivity contribution in [3.63, 3.8) is 0 Å². The van der Waals surface area contributed by atoms with Gasteiger partial charge in [-0.2, -0.15) is 0 Å². The number of fused-ring (bicyclic) bond motifs is 1. The maximum Gasteiger partial charge on any atom is 0.257 e. The van der Waals surface area contributed by atoms with E-state index in [0.29, 0.717) is 35.4 Å². The zero-order chi connectivity index (χ0) is 17.1. The van der Waals surface area contributed by atoms with E-state index in [9.17, 15) is 4.79 Å². The van der Waals surface area contributed by atoms with E-state index in [1.165, 1.54) is 11.3 Å². The van der Waals surface area contributed by atoms with Crippen molar-refractivity contribution >= 4 is 22.4 Å². The number of carbonyl (C=O) groups excluding carboxylic acids is 1. The van der Waals surface area contributed by atoms with Gasteiger partial charge in [0.05, 0.1) is 18.9 Å². The Bertz CT molecular complexity index is 896. The number of aromatic nitrogens is 2. The van der Waals surface area contributed by atoms with Gasteiger partial charge in [0.1, 0.15) is 5.69 Å². The topological polar surface area (TPSA) is 73.3 Å². The Hall–Kier alpha value is -2.93. The zero-order valence-electron chi connectivity index (χ0n) is 13.3. The lowest BCUT2D eigenvalue weighted by molar-refractivity contribution is 0.102. The summed E-state index contributed by atoms with van der Waals surface area (Å²) in [4.78, 5) is 21.1. The molecule has 1 aromatic carbocycles. The minimum absolute atomic E-state index is 0.238. The molecule has 0 bridgehead atoms. The van der Waals surface area contributed by atoms with Crippen molar-refractivity contribution in [2.24, 2.45) is 0 Å². The Morgan fingerprint density at radius 2 is 1.96 bits per heavy atom. The average Bonchev–Trinajstić information content (AvgIpc) is 2.98. The van der Waals surface area contributed by atoms with E-state index >= 15 is 0 Å². The van der Waals surface area contributed by atoms with Crippen LogP contribution in [0.2, 0.25) is 0 Å². The Morgan fingerprint density at radius 3 is 2.80 bits per heavy atom. The fourth-order valence-corrected chi connectivity index (χ4v) is 3.14. The first-order chi connectivity index (χ1) is 12.3. The standard InChI is InChI=1S/C18H15N3O3S/c22-17(12-5-6-15-16(10-12)24-9-3-8-23-15)21-18-20-14(11-25-18)13-4-1-2-7-19-13/h1-2,4-7,10-11H,3,8-9H2,(H,20,21,22). The number of rotatable bonds is 3. The van der Waals surface area contributed by atoms with Crippen molar-refractivity contribution in [1.29, 1.82) is 0 Å². The van der Waals surface area contributed by atoms with Crippen LogP contribution in [-0.2, 0) is 0 Å². The van der Waals surface area contributed by atoms with Crippen molar-refractivity contribution in [2.75, 3.05) is 18.5 Å². The number of carbonyl (C=O) groups is 1. The van der Waals surface area contributed by atoms with Crippen LogP contribution >= 0.6 is 11.3 Å². The number of ether oxygens (including phenoxy) is 2. The van der Waals surface area contributed by atoms with Crippen molar-refractivity contribution in [1.82, 2.24) is 9.97 Å². The van der Waals surface area contributed by atoms with Gasteiger partial charge in [0.15, 0.2) is 16.6 Å². The maximum atomic E-state index is 12.5.